The Morgan fingerprint density at radius 2 is 1.96 bits per heavy atom. The molecule has 0 unspecified atom stereocenters. The Balaban J connectivity index is 1.88. The summed E-state index contributed by atoms with van der Waals surface area (Å²) < 4.78 is 22.6. The van der Waals surface area contributed by atoms with Crippen molar-refractivity contribution in [3.05, 3.63) is 35.4 Å². The lowest BCUT2D eigenvalue weighted by atomic mass is 9.88. The van der Waals surface area contributed by atoms with Crippen LogP contribution in [0, 0.1) is 0 Å². The quantitative estimate of drug-likeness (QED) is 0.887. The second kappa shape index (κ2) is 4.87. The van der Waals surface area contributed by atoms with Crippen LogP contribution in [0.5, 0.6) is 34.5 Å². The normalized spacial score (nSPS) is 20.6. The predicted molar refractivity (Wildman–Crippen MR) is 80.9 cm³/mol. The second-order valence-corrected chi connectivity index (χ2v) is 5.55. The van der Waals surface area contributed by atoms with E-state index in [-0.39, 0.29) is 29.3 Å². The van der Waals surface area contributed by atoms with E-state index in [9.17, 15) is 10.2 Å². The Hall–Kier alpha value is -2.76. The average molecular weight is 316 g/mol. The van der Waals surface area contributed by atoms with Gasteiger partial charge in [-0.2, -0.15) is 0 Å². The SMILES string of the molecule is COc1cc(O)c(OC)c2c1[C@H]1COc3cc(O)ccc3[C@H]1O2. The monoisotopic (exact) mass is 316 g/mol. The highest BCUT2D eigenvalue weighted by Gasteiger charge is 2.45. The van der Waals surface area contributed by atoms with Gasteiger partial charge in [0.15, 0.2) is 11.5 Å². The van der Waals surface area contributed by atoms with Gasteiger partial charge in [-0.25, -0.2) is 0 Å². The fourth-order valence-corrected chi connectivity index (χ4v) is 3.33. The number of phenols is 2. The first kappa shape index (κ1) is 13.9. The maximum atomic E-state index is 10.1. The summed E-state index contributed by atoms with van der Waals surface area (Å²) in [7, 11) is 3.03. The number of hydrogen-bond acceptors (Lipinski definition) is 6. The van der Waals surface area contributed by atoms with Gasteiger partial charge in [0, 0.05) is 17.7 Å². The van der Waals surface area contributed by atoms with E-state index in [1.54, 1.807) is 25.3 Å². The van der Waals surface area contributed by atoms with Crippen LogP contribution < -0.4 is 18.9 Å². The summed E-state index contributed by atoms with van der Waals surface area (Å²) in [4.78, 5) is 0. The molecule has 6 heteroatoms. The third kappa shape index (κ3) is 1.87. The van der Waals surface area contributed by atoms with Crippen LogP contribution >= 0.6 is 0 Å². The van der Waals surface area contributed by atoms with E-state index in [1.165, 1.54) is 13.2 Å². The molecule has 120 valence electrons. The second-order valence-electron chi connectivity index (χ2n) is 5.55. The molecule has 2 aromatic rings. The Kier molecular flexibility index (Phi) is 2.94. The number of fused-ring (bicyclic) bond motifs is 5. The lowest BCUT2D eigenvalue weighted by Crippen LogP contribution is -2.23. The molecule has 2 aliphatic rings. The van der Waals surface area contributed by atoms with Crippen LogP contribution in [-0.2, 0) is 0 Å². The molecule has 4 rings (SSSR count). The van der Waals surface area contributed by atoms with Crippen LogP contribution in [0.25, 0.3) is 0 Å². The lowest BCUT2D eigenvalue weighted by Gasteiger charge is -2.28. The highest BCUT2D eigenvalue weighted by atomic mass is 16.5. The standard InChI is InChI=1S/C17H16O6/c1-20-13-6-11(19)16(21-2)17-14(13)10-7-22-12-5-8(18)3-4-9(12)15(10)23-17/h3-6,10,15,18-19H,7H2,1-2H3/t10-,15-/m1/s1. The molecule has 0 spiro atoms. The molecule has 23 heavy (non-hydrogen) atoms. The Labute approximate surface area is 132 Å². The van der Waals surface area contributed by atoms with Gasteiger partial charge in [-0.1, -0.05) is 0 Å². The number of ether oxygens (including phenoxy) is 4. The van der Waals surface area contributed by atoms with Crippen LogP contribution in [0.3, 0.4) is 0 Å². The van der Waals surface area contributed by atoms with Gasteiger partial charge in [0.05, 0.1) is 32.3 Å². The highest BCUT2D eigenvalue weighted by Crippen LogP contribution is 2.59. The molecule has 0 saturated carbocycles. The Morgan fingerprint density at radius 3 is 2.70 bits per heavy atom. The van der Waals surface area contributed by atoms with Gasteiger partial charge in [-0.05, 0) is 12.1 Å². The first-order valence-electron chi connectivity index (χ1n) is 7.24. The summed E-state index contributed by atoms with van der Waals surface area (Å²) in [5.74, 6) is 1.93. The Bertz CT molecular complexity index is 785. The van der Waals surface area contributed by atoms with Crippen molar-refractivity contribution in [2.24, 2.45) is 0 Å². The van der Waals surface area contributed by atoms with E-state index in [4.69, 9.17) is 18.9 Å². The number of benzene rings is 2. The van der Waals surface area contributed by atoms with Crippen LogP contribution in [-0.4, -0.2) is 31.0 Å². The van der Waals surface area contributed by atoms with E-state index >= 15 is 0 Å². The summed E-state index contributed by atoms with van der Waals surface area (Å²) in [5, 5.41) is 19.7. The minimum absolute atomic E-state index is 0.0337. The van der Waals surface area contributed by atoms with Crippen LogP contribution in [0.2, 0.25) is 0 Å². The third-order valence-electron chi connectivity index (χ3n) is 4.34. The molecule has 0 amide bonds. The van der Waals surface area contributed by atoms with E-state index < -0.39 is 0 Å². The molecule has 2 atom stereocenters. The average Bonchev–Trinajstić information content (AvgIpc) is 2.93. The topological polar surface area (TPSA) is 77.4 Å². The van der Waals surface area contributed by atoms with Crippen LogP contribution in [0.15, 0.2) is 24.3 Å². The van der Waals surface area contributed by atoms with Crippen molar-refractivity contribution in [2.45, 2.75) is 12.0 Å². The van der Waals surface area contributed by atoms with Crippen molar-refractivity contribution in [3.8, 4) is 34.5 Å². The van der Waals surface area contributed by atoms with Crippen LogP contribution in [0.1, 0.15) is 23.1 Å². The summed E-state index contributed by atoms with van der Waals surface area (Å²) in [6.07, 6.45) is -0.279. The van der Waals surface area contributed by atoms with Gasteiger partial charge in [0.25, 0.3) is 0 Å². The fraction of sp³-hybridized carbons (Fsp3) is 0.294. The molecule has 0 bridgehead atoms. The molecule has 0 fully saturated rings. The zero-order valence-electron chi connectivity index (χ0n) is 12.7. The predicted octanol–water partition coefficient (Wildman–Crippen LogP) is 2.72. The first-order valence-corrected chi connectivity index (χ1v) is 7.24. The fourth-order valence-electron chi connectivity index (χ4n) is 3.33. The van der Waals surface area contributed by atoms with Gasteiger partial charge in [-0.15, -0.1) is 0 Å². The minimum atomic E-state index is -0.279. The Morgan fingerprint density at radius 1 is 1.13 bits per heavy atom. The van der Waals surface area contributed by atoms with Crippen molar-refractivity contribution >= 4 is 0 Å². The molecular weight excluding hydrogens is 300 g/mol. The zero-order chi connectivity index (χ0) is 16.1. The van der Waals surface area contributed by atoms with Gasteiger partial charge in [0.1, 0.15) is 23.4 Å². The number of phenolic OH excluding ortho intramolecular Hbond substituents is 2. The first-order chi connectivity index (χ1) is 11.1. The number of aromatic hydroxyl groups is 2. The number of rotatable bonds is 2. The molecule has 2 N–H and O–H groups in total. The van der Waals surface area contributed by atoms with Gasteiger partial charge in [-0.3, -0.25) is 0 Å². The van der Waals surface area contributed by atoms with Crippen molar-refractivity contribution in [1.82, 2.24) is 0 Å². The molecule has 0 aromatic heterocycles. The smallest absolute Gasteiger partial charge is 0.203 e. The molecule has 2 aromatic carbocycles. The number of hydrogen-bond donors (Lipinski definition) is 2. The van der Waals surface area contributed by atoms with Crippen molar-refractivity contribution in [3.63, 3.8) is 0 Å². The molecule has 2 aliphatic heterocycles. The van der Waals surface area contributed by atoms with Crippen molar-refractivity contribution < 1.29 is 29.2 Å². The summed E-state index contributed by atoms with van der Waals surface area (Å²) in [6, 6.07) is 6.48. The summed E-state index contributed by atoms with van der Waals surface area (Å²) in [5.41, 5.74) is 1.67. The summed E-state index contributed by atoms with van der Waals surface area (Å²) in [6.45, 7) is 0.387. The van der Waals surface area contributed by atoms with Gasteiger partial charge >= 0.3 is 0 Å². The van der Waals surface area contributed by atoms with E-state index in [1.807, 2.05) is 0 Å². The van der Waals surface area contributed by atoms with Crippen LogP contribution in [0.4, 0.5) is 0 Å². The third-order valence-corrected chi connectivity index (χ3v) is 4.34. The van der Waals surface area contributed by atoms with E-state index in [2.05, 4.69) is 0 Å². The van der Waals surface area contributed by atoms with Crippen molar-refractivity contribution in [2.75, 3.05) is 20.8 Å². The lowest BCUT2D eigenvalue weighted by molar-refractivity contribution is 0.136. The number of methoxy groups -OCH3 is 2. The molecule has 0 radical (unpaired) electrons. The zero-order valence-corrected chi connectivity index (χ0v) is 12.7. The maximum Gasteiger partial charge on any atom is 0.203 e. The highest BCUT2D eigenvalue weighted by molar-refractivity contribution is 5.65. The molecule has 6 nitrogen and oxygen atoms in total. The van der Waals surface area contributed by atoms with E-state index in [0.29, 0.717) is 23.9 Å². The molecule has 0 saturated heterocycles. The summed E-state index contributed by atoms with van der Waals surface area (Å²) >= 11 is 0. The van der Waals surface area contributed by atoms with Gasteiger partial charge in [0.2, 0.25) is 5.75 Å². The van der Waals surface area contributed by atoms with Crippen molar-refractivity contribution in [1.29, 1.82) is 0 Å². The maximum absolute atomic E-state index is 10.1. The molecule has 2 heterocycles. The molecule has 0 aliphatic carbocycles. The van der Waals surface area contributed by atoms with E-state index in [0.717, 1.165) is 11.1 Å². The molecular formula is C17H16O6. The van der Waals surface area contributed by atoms with Gasteiger partial charge < -0.3 is 29.2 Å². The minimum Gasteiger partial charge on any atom is -0.508 e. The largest absolute Gasteiger partial charge is 0.508 e.